The van der Waals surface area contributed by atoms with E-state index in [2.05, 4.69) is 13.8 Å². The van der Waals surface area contributed by atoms with Crippen LogP contribution in [0.4, 0.5) is 0 Å². The van der Waals surface area contributed by atoms with Gasteiger partial charge in [0.15, 0.2) is 5.78 Å². The van der Waals surface area contributed by atoms with Crippen molar-refractivity contribution in [3.63, 3.8) is 0 Å². The van der Waals surface area contributed by atoms with Crippen molar-refractivity contribution in [1.29, 1.82) is 0 Å². The standard InChI is InChI=1S/C17H25NO4S/c1-13(2)12-22-16-7-9-18(10-8-16)23(20,21)17-6-4-5-15(11-17)14(3)19/h4-6,11,13,16H,7-10,12H2,1-3H3. The second-order valence-corrected chi connectivity index (χ2v) is 8.35. The number of piperidine rings is 1. The number of benzene rings is 1. The molecule has 1 aliphatic rings. The first-order chi connectivity index (χ1) is 10.8. The smallest absolute Gasteiger partial charge is 0.243 e. The quantitative estimate of drug-likeness (QED) is 0.748. The molecule has 1 fully saturated rings. The Morgan fingerprint density at radius 1 is 1.30 bits per heavy atom. The molecule has 5 nitrogen and oxygen atoms in total. The first-order valence-corrected chi connectivity index (χ1v) is 9.47. The molecule has 1 aliphatic heterocycles. The highest BCUT2D eigenvalue weighted by Gasteiger charge is 2.30. The number of hydrogen-bond donors (Lipinski definition) is 0. The Morgan fingerprint density at radius 3 is 2.52 bits per heavy atom. The summed E-state index contributed by atoms with van der Waals surface area (Å²) in [6, 6.07) is 6.25. The Morgan fingerprint density at radius 2 is 1.96 bits per heavy atom. The van der Waals surface area contributed by atoms with Crippen molar-refractivity contribution in [3.05, 3.63) is 29.8 Å². The molecule has 0 aliphatic carbocycles. The van der Waals surface area contributed by atoms with Gasteiger partial charge in [-0.05, 0) is 37.8 Å². The van der Waals surface area contributed by atoms with Crippen molar-refractivity contribution in [2.75, 3.05) is 19.7 Å². The first kappa shape index (κ1) is 18.1. The maximum atomic E-state index is 12.7. The molecule has 1 heterocycles. The van der Waals surface area contributed by atoms with Crippen LogP contribution >= 0.6 is 0 Å². The van der Waals surface area contributed by atoms with Crippen molar-refractivity contribution in [2.24, 2.45) is 5.92 Å². The summed E-state index contributed by atoms with van der Waals surface area (Å²) >= 11 is 0. The van der Waals surface area contributed by atoms with Crippen molar-refractivity contribution >= 4 is 15.8 Å². The van der Waals surface area contributed by atoms with E-state index in [1.807, 2.05) is 0 Å². The largest absolute Gasteiger partial charge is 0.378 e. The zero-order chi connectivity index (χ0) is 17.0. The summed E-state index contributed by atoms with van der Waals surface area (Å²) in [5.41, 5.74) is 0.418. The van der Waals surface area contributed by atoms with E-state index in [0.29, 0.717) is 44.0 Å². The van der Waals surface area contributed by atoms with Crippen LogP contribution < -0.4 is 0 Å². The molecule has 0 radical (unpaired) electrons. The van der Waals surface area contributed by atoms with Crippen LogP contribution in [0.25, 0.3) is 0 Å². The first-order valence-electron chi connectivity index (χ1n) is 8.03. The van der Waals surface area contributed by atoms with Crippen LogP contribution in [0.3, 0.4) is 0 Å². The number of rotatable bonds is 6. The lowest BCUT2D eigenvalue weighted by molar-refractivity contribution is 0.00749. The molecule has 0 unspecified atom stereocenters. The fraction of sp³-hybridized carbons (Fsp3) is 0.588. The van der Waals surface area contributed by atoms with Gasteiger partial charge in [-0.25, -0.2) is 8.42 Å². The molecular formula is C17H25NO4S. The average Bonchev–Trinajstić information content (AvgIpc) is 2.53. The zero-order valence-corrected chi connectivity index (χ0v) is 14.8. The number of nitrogens with zero attached hydrogens (tertiary/aromatic N) is 1. The molecule has 128 valence electrons. The highest BCUT2D eigenvalue weighted by molar-refractivity contribution is 7.89. The van der Waals surface area contributed by atoms with Gasteiger partial charge in [-0.1, -0.05) is 26.0 Å². The van der Waals surface area contributed by atoms with Crippen molar-refractivity contribution < 1.29 is 17.9 Å². The highest BCUT2D eigenvalue weighted by atomic mass is 32.2. The third kappa shape index (κ3) is 4.62. The molecule has 0 saturated carbocycles. The Kier molecular flexibility index (Phi) is 5.95. The third-order valence-electron chi connectivity index (χ3n) is 3.94. The normalized spacial score (nSPS) is 17.6. The lowest BCUT2D eigenvalue weighted by Crippen LogP contribution is -2.41. The fourth-order valence-corrected chi connectivity index (χ4v) is 4.11. The minimum atomic E-state index is -3.55. The summed E-state index contributed by atoms with van der Waals surface area (Å²) in [5, 5.41) is 0. The monoisotopic (exact) mass is 339 g/mol. The van der Waals surface area contributed by atoms with Gasteiger partial charge in [0.1, 0.15) is 0 Å². The average molecular weight is 339 g/mol. The van der Waals surface area contributed by atoms with E-state index in [-0.39, 0.29) is 16.8 Å². The second kappa shape index (κ2) is 7.55. The number of carbonyl (C=O) groups excluding carboxylic acids is 1. The minimum absolute atomic E-state index is 0.132. The van der Waals surface area contributed by atoms with Gasteiger partial charge in [0, 0.05) is 25.3 Å². The van der Waals surface area contributed by atoms with Crippen LogP contribution in [0.15, 0.2) is 29.2 Å². The van der Waals surface area contributed by atoms with E-state index in [1.54, 1.807) is 18.2 Å². The van der Waals surface area contributed by atoms with Gasteiger partial charge in [-0.15, -0.1) is 0 Å². The predicted molar refractivity (Wildman–Crippen MR) is 89.0 cm³/mol. The molecule has 1 aromatic rings. The number of ether oxygens (including phenoxy) is 1. The predicted octanol–water partition coefficient (Wildman–Crippen LogP) is 2.71. The van der Waals surface area contributed by atoms with Gasteiger partial charge in [0.2, 0.25) is 10.0 Å². The van der Waals surface area contributed by atoms with Crippen LogP contribution in [0.5, 0.6) is 0 Å². The molecule has 0 aromatic heterocycles. The van der Waals surface area contributed by atoms with Crippen LogP contribution in [0, 0.1) is 5.92 Å². The zero-order valence-electron chi connectivity index (χ0n) is 14.0. The third-order valence-corrected chi connectivity index (χ3v) is 5.84. The van der Waals surface area contributed by atoms with Crippen molar-refractivity contribution in [3.8, 4) is 0 Å². The van der Waals surface area contributed by atoms with E-state index in [0.717, 1.165) is 0 Å². The van der Waals surface area contributed by atoms with E-state index in [4.69, 9.17) is 4.74 Å². The molecule has 0 bridgehead atoms. The summed E-state index contributed by atoms with van der Waals surface area (Å²) in [4.78, 5) is 11.6. The van der Waals surface area contributed by atoms with Crippen molar-refractivity contribution in [1.82, 2.24) is 4.31 Å². The van der Waals surface area contributed by atoms with Crippen LogP contribution in [-0.2, 0) is 14.8 Å². The molecule has 23 heavy (non-hydrogen) atoms. The molecular weight excluding hydrogens is 314 g/mol. The molecule has 0 spiro atoms. The molecule has 1 aromatic carbocycles. The van der Waals surface area contributed by atoms with Gasteiger partial charge in [0.05, 0.1) is 11.0 Å². The Balaban J connectivity index is 2.04. The van der Waals surface area contributed by atoms with Gasteiger partial charge in [0.25, 0.3) is 0 Å². The molecule has 2 rings (SSSR count). The summed E-state index contributed by atoms with van der Waals surface area (Å²) in [7, 11) is -3.55. The van der Waals surface area contributed by atoms with Gasteiger partial charge < -0.3 is 4.74 Å². The van der Waals surface area contributed by atoms with E-state index < -0.39 is 10.0 Å². The lowest BCUT2D eigenvalue weighted by Gasteiger charge is -2.31. The maximum Gasteiger partial charge on any atom is 0.243 e. The molecule has 0 amide bonds. The molecule has 0 N–H and O–H groups in total. The SMILES string of the molecule is CC(=O)c1cccc(S(=O)(=O)N2CCC(OCC(C)C)CC2)c1. The summed E-state index contributed by atoms with van der Waals surface area (Å²) in [6.07, 6.45) is 1.55. The fourth-order valence-electron chi connectivity index (χ4n) is 2.59. The van der Waals surface area contributed by atoms with Gasteiger partial charge in [-0.3, -0.25) is 4.79 Å². The van der Waals surface area contributed by atoms with E-state index >= 15 is 0 Å². The number of carbonyl (C=O) groups is 1. The molecule has 6 heteroatoms. The number of sulfonamides is 1. The van der Waals surface area contributed by atoms with Crippen molar-refractivity contribution in [2.45, 2.75) is 44.6 Å². The highest BCUT2D eigenvalue weighted by Crippen LogP contribution is 2.23. The van der Waals surface area contributed by atoms with Gasteiger partial charge >= 0.3 is 0 Å². The Hall–Kier alpha value is -1.24. The van der Waals surface area contributed by atoms with Crippen LogP contribution in [-0.4, -0.2) is 44.3 Å². The summed E-state index contributed by atoms with van der Waals surface area (Å²) in [5.74, 6) is 0.342. The summed E-state index contributed by atoms with van der Waals surface area (Å²) in [6.45, 7) is 7.25. The number of hydrogen-bond acceptors (Lipinski definition) is 4. The number of ketones is 1. The van der Waals surface area contributed by atoms with E-state index in [1.165, 1.54) is 17.3 Å². The van der Waals surface area contributed by atoms with Crippen LogP contribution in [0.2, 0.25) is 0 Å². The maximum absolute atomic E-state index is 12.7. The van der Waals surface area contributed by atoms with E-state index in [9.17, 15) is 13.2 Å². The number of Topliss-reactive ketones (excluding diaryl/α,β-unsaturated/α-hetero) is 1. The topological polar surface area (TPSA) is 63.7 Å². The second-order valence-electron chi connectivity index (χ2n) is 6.41. The Bertz CT molecular complexity index is 646. The summed E-state index contributed by atoms with van der Waals surface area (Å²) < 4.78 is 32.7. The lowest BCUT2D eigenvalue weighted by atomic mass is 10.1. The molecule has 1 saturated heterocycles. The minimum Gasteiger partial charge on any atom is -0.378 e. The molecule has 0 atom stereocenters. The Labute approximate surface area is 138 Å². The van der Waals surface area contributed by atoms with Gasteiger partial charge in [-0.2, -0.15) is 4.31 Å². The van der Waals surface area contributed by atoms with Crippen LogP contribution in [0.1, 0.15) is 44.0 Å².